The molecule has 0 unspecified atom stereocenters. The molecule has 0 spiro atoms. The predicted octanol–water partition coefficient (Wildman–Crippen LogP) is 6.34. The second kappa shape index (κ2) is 6.93. The van der Waals surface area contributed by atoms with Crippen molar-refractivity contribution in [2.24, 2.45) is 0 Å². The fraction of sp³-hybridized carbons (Fsp3) is 0. The standard InChI is InChI=1S/C28H17N5/c1-2-8-18(9-3-1)25-26-27(30-15-14-29-26)28(32-31-25)33-23-13-7-6-12-21(23)22-16-19-10-4-5-11-20(19)17-24(22)33/h1-17H. The minimum atomic E-state index is 0.680. The van der Waals surface area contributed by atoms with Crippen molar-refractivity contribution < 1.29 is 0 Å². The van der Waals surface area contributed by atoms with Crippen LogP contribution >= 0.6 is 0 Å². The maximum absolute atomic E-state index is 4.72. The Bertz CT molecular complexity index is 1820. The monoisotopic (exact) mass is 423 g/mol. The summed E-state index contributed by atoms with van der Waals surface area (Å²) in [5.41, 5.74) is 5.30. The number of aromatic nitrogens is 5. The highest BCUT2D eigenvalue weighted by molar-refractivity contribution is 6.14. The second-order valence-electron chi connectivity index (χ2n) is 8.06. The van der Waals surface area contributed by atoms with Crippen molar-refractivity contribution in [2.75, 3.05) is 0 Å². The van der Waals surface area contributed by atoms with E-state index in [0.717, 1.165) is 33.3 Å². The lowest BCUT2D eigenvalue weighted by atomic mass is 10.1. The highest BCUT2D eigenvalue weighted by Crippen LogP contribution is 2.36. The van der Waals surface area contributed by atoms with E-state index in [2.05, 4.69) is 75.3 Å². The smallest absolute Gasteiger partial charge is 0.188 e. The van der Waals surface area contributed by atoms with Gasteiger partial charge < -0.3 is 0 Å². The van der Waals surface area contributed by atoms with Gasteiger partial charge in [-0.05, 0) is 29.0 Å². The van der Waals surface area contributed by atoms with E-state index >= 15 is 0 Å². The molecule has 4 aromatic carbocycles. The topological polar surface area (TPSA) is 56.5 Å². The minimum Gasteiger partial charge on any atom is -0.290 e. The molecular formula is C28H17N5. The molecule has 5 nitrogen and oxygen atoms in total. The largest absolute Gasteiger partial charge is 0.290 e. The number of para-hydroxylation sites is 1. The van der Waals surface area contributed by atoms with Gasteiger partial charge in [0.2, 0.25) is 0 Å². The molecule has 0 saturated heterocycles. The predicted molar refractivity (Wildman–Crippen MR) is 132 cm³/mol. The molecule has 5 heteroatoms. The van der Waals surface area contributed by atoms with Gasteiger partial charge in [0.25, 0.3) is 0 Å². The number of hydrogen-bond acceptors (Lipinski definition) is 4. The molecule has 0 saturated carbocycles. The molecule has 0 aliphatic heterocycles. The van der Waals surface area contributed by atoms with Crippen molar-refractivity contribution in [3.63, 3.8) is 0 Å². The molecule has 33 heavy (non-hydrogen) atoms. The van der Waals surface area contributed by atoms with Crippen LogP contribution in [0.3, 0.4) is 0 Å². The van der Waals surface area contributed by atoms with Crippen LogP contribution in [0.1, 0.15) is 0 Å². The summed E-state index contributed by atoms with van der Waals surface area (Å²) in [6.07, 6.45) is 3.42. The van der Waals surface area contributed by atoms with Crippen LogP contribution < -0.4 is 0 Å². The molecule has 0 fully saturated rings. The lowest BCUT2D eigenvalue weighted by Gasteiger charge is -2.11. The fourth-order valence-corrected chi connectivity index (χ4v) is 4.69. The molecule has 0 amide bonds. The van der Waals surface area contributed by atoms with Gasteiger partial charge in [-0.1, -0.05) is 72.8 Å². The average molecular weight is 423 g/mol. The van der Waals surface area contributed by atoms with Crippen molar-refractivity contribution in [3.05, 3.63) is 103 Å². The summed E-state index contributed by atoms with van der Waals surface area (Å²) in [6.45, 7) is 0. The summed E-state index contributed by atoms with van der Waals surface area (Å²) in [6, 6.07) is 31.3. The zero-order chi connectivity index (χ0) is 21.8. The van der Waals surface area contributed by atoms with Crippen LogP contribution in [0.4, 0.5) is 0 Å². The Hall–Kier alpha value is -4.64. The van der Waals surface area contributed by atoms with E-state index in [1.807, 2.05) is 30.3 Å². The Labute approximate surface area is 189 Å². The molecule has 7 aromatic rings. The van der Waals surface area contributed by atoms with Crippen LogP contribution in [0.25, 0.3) is 60.7 Å². The van der Waals surface area contributed by atoms with Crippen LogP contribution in [0.5, 0.6) is 0 Å². The quantitative estimate of drug-likeness (QED) is 0.326. The van der Waals surface area contributed by atoms with Crippen LogP contribution in [0.15, 0.2) is 103 Å². The highest BCUT2D eigenvalue weighted by Gasteiger charge is 2.19. The number of benzene rings is 4. The van der Waals surface area contributed by atoms with Crippen molar-refractivity contribution in [1.29, 1.82) is 0 Å². The lowest BCUT2D eigenvalue weighted by Crippen LogP contribution is -2.04. The van der Waals surface area contributed by atoms with Crippen LogP contribution in [-0.4, -0.2) is 24.7 Å². The third-order valence-corrected chi connectivity index (χ3v) is 6.18. The van der Waals surface area contributed by atoms with E-state index in [9.17, 15) is 0 Å². The van der Waals surface area contributed by atoms with Gasteiger partial charge in [0.1, 0.15) is 16.7 Å². The first-order chi connectivity index (χ1) is 16.4. The summed E-state index contributed by atoms with van der Waals surface area (Å²) >= 11 is 0. The van der Waals surface area contributed by atoms with Crippen LogP contribution in [0.2, 0.25) is 0 Å². The maximum Gasteiger partial charge on any atom is 0.188 e. The van der Waals surface area contributed by atoms with Gasteiger partial charge in [-0.3, -0.25) is 9.55 Å². The van der Waals surface area contributed by atoms with Gasteiger partial charge >= 0.3 is 0 Å². The highest BCUT2D eigenvalue weighted by atomic mass is 15.2. The van der Waals surface area contributed by atoms with E-state index in [1.54, 1.807) is 12.4 Å². The molecule has 3 heterocycles. The number of hydrogen-bond donors (Lipinski definition) is 0. The van der Waals surface area contributed by atoms with Gasteiger partial charge in [0.15, 0.2) is 5.82 Å². The molecule has 0 aliphatic rings. The Morgan fingerprint density at radius 3 is 2.09 bits per heavy atom. The van der Waals surface area contributed by atoms with Gasteiger partial charge in [-0.2, -0.15) is 0 Å². The first-order valence-electron chi connectivity index (χ1n) is 10.8. The maximum atomic E-state index is 4.72. The van der Waals surface area contributed by atoms with Crippen molar-refractivity contribution in [2.45, 2.75) is 0 Å². The van der Waals surface area contributed by atoms with Crippen molar-refractivity contribution in [3.8, 4) is 17.1 Å². The summed E-state index contributed by atoms with van der Waals surface area (Å²) < 4.78 is 2.16. The van der Waals surface area contributed by atoms with Gasteiger partial charge in [0.05, 0.1) is 11.0 Å². The summed E-state index contributed by atoms with van der Waals surface area (Å²) in [7, 11) is 0. The van der Waals surface area contributed by atoms with Gasteiger partial charge in [0, 0.05) is 28.7 Å². The third kappa shape index (κ3) is 2.66. The van der Waals surface area contributed by atoms with Crippen molar-refractivity contribution in [1.82, 2.24) is 24.7 Å². The summed E-state index contributed by atoms with van der Waals surface area (Å²) in [5, 5.41) is 14.1. The molecule has 0 atom stereocenters. The lowest BCUT2D eigenvalue weighted by molar-refractivity contribution is 0.965. The van der Waals surface area contributed by atoms with Crippen LogP contribution in [-0.2, 0) is 0 Å². The molecule has 7 rings (SSSR count). The Morgan fingerprint density at radius 2 is 1.24 bits per heavy atom. The van der Waals surface area contributed by atoms with Gasteiger partial charge in [-0.25, -0.2) is 4.98 Å². The second-order valence-corrected chi connectivity index (χ2v) is 8.06. The zero-order valence-electron chi connectivity index (χ0n) is 17.6. The van der Waals surface area contributed by atoms with E-state index in [4.69, 9.17) is 10.1 Å². The molecule has 3 aromatic heterocycles. The first-order valence-corrected chi connectivity index (χ1v) is 10.8. The normalized spacial score (nSPS) is 11.6. The Kier molecular flexibility index (Phi) is 3.78. The Morgan fingerprint density at radius 1 is 0.545 bits per heavy atom. The average Bonchev–Trinajstić information content (AvgIpc) is 3.20. The molecule has 0 bridgehead atoms. The minimum absolute atomic E-state index is 0.680. The SMILES string of the molecule is c1ccc(-c2nnc(-n3c4ccccc4c4cc5ccccc5cc43)c3nccnc23)cc1. The van der Waals surface area contributed by atoms with E-state index in [-0.39, 0.29) is 0 Å². The molecule has 0 radical (unpaired) electrons. The number of nitrogens with zero attached hydrogens (tertiary/aromatic N) is 5. The van der Waals surface area contributed by atoms with Gasteiger partial charge in [-0.15, -0.1) is 10.2 Å². The molecule has 0 N–H and O–H groups in total. The molecule has 0 aliphatic carbocycles. The first kappa shape index (κ1) is 18.0. The number of rotatable bonds is 2. The molecular weight excluding hydrogens is 406 g/mol. The van der Waals surface area contributed by atoms with E-state index < -0.39 is 0 Å². The molecule has 154 valence electrons. The van der Waals surface area contributed by atoms with Crippen molar-refractivity contribution >= 4 is 43.6 Å². The van der Waals surface area contributed by atoms with E-state index in [0.29, 0.717) is 5.82 Å². The Balaban J connectivity index is 1.62. The number of fused-ring (bicyclic) bond motifs is 5. The third-order valence-electron chi connectivity index (χ3n) is 6.18. The summed E-state index contributed by atoms with van der Waals surface area (Å²) in [5.74, 6) is 0.680. The zero-order valence-corrected chi connectivity index (χ0v) is 17.6. The van der Waals surface area contributed by atoms with E-state index in [1.165, 1.54) is 21.5 Å². The fourth-order valence-electron chi connectivity index (χ4n) is 4.69. The van der Waals surface area contributed by atoms with Crippen LogP contribution in [0, 0.1) is 0 Å². The summed E-state index contributed by atoms with van der Waals surface area (Å²) in [4.78, 5) is 9.37.